The van der Waals surface area contributed by atoms with E-state index < -0.39 is 23.8 Å². The van der Waals surface area contributed by atoms with Gasteiger partial charge in [0.25, 0.3) is 6.43 Å². The topological polar surface area (TPSA) is 68.0 Å². The lowest BCUT2D eigenvalue weighted by Gasteiger charge is -2.04. The van der Waals surface area contributed by atoms with Gasteiger partial charge in [-0.1, -0.05) is 11.3 Å². The molecule has 0 spiro atoms. The van der Waals surface area contributed by atoms with Crippen molar-refractivity contribution in [2.45, 2.75) is 19.4 Å². The van der Waals surface area contributed by atoms with Gasteiger partial charge in [0.15, 0.2) is 5.69 Å². The fourth-order valence-corrected chi connectivity index (χ4v) is 2.22. The van der Waals surface area contributed by atoms with Crippen molar-refractivity contribution in [3.63, 3.8) is 0 Å². The second kappa shape index (κ2) is 5.21. The average Bonchev–Trinajstić information content (AvgIpc) is 2.95. The summed E-state index contributed by atoms with van der Waals surface area (Å²) in [5, 5.41) is 17.4. The van der Waals surface area contributed by atoms with E-state index in [0.717, 1.165) is 9.56 Å². The van der Waals surface area contributed by atoms with Crippen molar-refractivity contribution < 1.29 is 18.7 Å². The summed E-state index contributed by atoms with van der Waals surface area (Å²) in [6.45, 7) is 0.181. The Kier molecular flexibility index (Phi) is 3.66. The van der Waals surface area contributed by atoms with E-state index in [1.807, 2.05) is 17.5 Å². The predicted octanol–water partition coefficient (Wildman–Crippen LogP) is 2.22. The number of halogens is 2. The van der Waals surface area contributed by atoms with Crippen LogP contribution in [-0.4, -0.2) is 26.1 Å². The van der Waals surface area contributed by atoms with Gasteiger partial charge in [0.1, 0.15) is 5.69 Å². The molecule has 2 aromatic heterocycles. The third-order valence-corrected chi connectivity index (χ3v) is 3.27. The predicted molar refractivity (Wildman–Crippen MR) is 60.0 cm³/mol. The molecule has 0 radical (unpaired) electrons. The Morgan fingerprint density at radius 1 is 1.56 bits per heavy atom. The average molecular weight is 273 g/mol. The van der Waals surface area contributed by atoms with Crippen LogP contribution >= 0.6 is 11.3 Å². The Hall–Kier alpha value is -1.83. The van der Waals surface area contributed by atoms with E-state index in [0.29, 0.717) is 6.42 Å². The fourth-order valence-electron chi connectivity index (χ4n) is 1.52. The van der Waals surface area contributed by atoms with Gasteiger partial charge in [-0.15, -0.1) is 16.4 Å². The van der Waals surface area contributed by atoms with Gasteiger partial charge in [0.05, 0.1) is 0 Å². The largest absolute Gasteiger partial charge is 0.476 e. The van der Waals surface area contributed by atoms with Crippen molar-refractivity contribution in [2.24, 2.45) is 0 Å². The van der Waals surface area contributed by atoms with Crippen LogP contribution in [0, 0.1) is 0 Å². The molecule has 0 aliphatic carbocycles. The van der Waals surface area contributed by atoms with Crippen LogP contribution < -0.4 is 0 Å². The highest BCUT2D eigenvalue weighted by Gasteiger charge is 2.26. The summed E-state index contributed by atoms with van der Waals surface area (Å²) in [5.41, 5.74) is -1.32. The molecule has 0 amide bonds. The Morgan fingerprint density at radius 3 is 2.89 bits per heavy atom. The minimum atomic E-state index is -2.91. The van der Waals surface area contributed by atoms with Gasteiger partial charge in [0, 0.05) is 17.8 Å². The van der Waals surface area contributed by atoms with Crippen LogP contribution in [0.5, 0.6) is 0 Å². The number of aromatic nitrogens is 3. The van der Waals surface area contributed by atoms with Gasteiger partial charge < -0.3 is 5.11 Å². The number of alkyl halides is 2. The molecule has 0 saturated carbocycles. The molecule has 0 aliphatic heterocycles. The van der Waals surface area contributed by atoms with E-state index in [2.05, 4.69) is 10.3 Å². The van der Waals surface area contributed by atoms with Crippen molar-refractivity contribution in [1.29, 1.82) is 0 Å². The summed E-state index contributed by atoms with van der Waals surface area (Å²) in [5.74, 6) is -1.49. The Balaban J connectivity index is 2.20. The second-order valence-corrected chi connectivity index (χ2v) is 4.51. The van der Waals surface area contributed by atoms with E-state index in [1.54, 1.807) is 0 Å². The standard InChI is InChI=1S/C10H9F2N3O2S/c11-9(12)8-7(10(16)17)13-14-15(8)4-3-6-2-1-5-18-6/h1-2,5,9H,3-4H2,(H,16,17). The number of carboxylic acids is 1. The number of aryl methyl sites for hydroxylation is 2. The minimum absolute atomic E-state index is 0.181. The normalized spacial score (nSPS) is 11.1. The number of nitrogens with zero attached hydrogens (tertiary/aromatic N) is 3. The highest BCUT2D eigenvalue weighted by molar-refractivity contribution is 7.09. The van der Waals surface area contributed by atoms with Crippen LogP contribution in [0.4, 0.5) is 8.78 Å². The van der Waals surface area contributed by atoms with Gasteiger partial charge in [-0.2, -0.15) is 0 Å². The van der Waals surface area contributed by atoms with Crippen molar-refractivity contribution in [2.75, 3.05) is 0 Å². The van der Waals surface area contributed by atoms with E-state index in [4.69, 9.17) is 5.11 Å². The minimum Gasteiger partial charge on any atom is -0.476 e. The number of hydrogen-bond donors (Lipinski definition) is 1. The summed E-state index contributed by atoms with van der Waals surface area (Å²) in [4.78, 5) is 11.7. The monoisotopic (exact) mass is 273 g/mol. The summed E-state index contributed by atoms with van der Waals surface area (Å²) < 4.78 is 26.5. The molecule has 96 valence electrons. The zero-order chi connectivity index (χ0) is 13.1. The first-order chi connectivity index (χ1) is 8.59. The SMILES string of the molecule is O=C(O)c1nnn(CCc2cccs2)c1C(F)F. The number of rotatable bonds is 5. The van der Waals surface area contributed by atoms with Crippen molar-refractivity contribution in [3.05, 3.63) is 33.8 Å². The number of aromatic carboxylic acids is 1. The molecule has 18 heavy (non-hydrogen) atoms. The lowest BCUT2D eigenvalue weighted by molar-refractivity contribution is 0.0675. The Bertz CT molecular complexity index is 539. The first-order valence-electron chi connectivity index (χ1n) is 5.07. The van der Waals surface area contributed by atoms with E-state index in [1.165, 1.54) is 11.3 Å². The molecule has 0 fully saturated rings. The van der Waals surface area contributed by atoms with E-state index in [-0.39, 0.29) is 6.54 Å². The van der Waals surface area contributed by atoms with Crippen LogP contribution in [0.1, 0.15) is 27.5 Å². The molecule has 0 saturated heterocycles. The smallest absolute Gasteiger partial charge is 0.358 e. The Morgan fingerprint density at radius 2 is 2.33 bits per heavy atom. The molecule has 1 N–H and O–H groups in total. The third kappa shape index (κ3) is 2.53. The third-order valence-electron chi connectivity index (χ3n) is 2.33. The Labute approximate surface area is 105 Å². The summed E-state index contributed by atoms with van der Waals surface area (Å²) in [7, 11) is 0. The molecule has 0 aromatic carbocycles. The van der Waals surface area contributed by atoms with Crippen LogP contribution in [0.3, 0.4) is 0 Å². The van der Waals surface area contributed by atoms with Gasteiger partial charge in [-0.3, -0.25) is 0 Å². The van der Waals surface area contributed by atoms with Crippen LogP contribution in [0.25, 0.3) is 0 Å². The first kappa shape index (κ1) is 12.6. The van der Waals surface area contributed by atoms with Gasteiger partial charge in [0.2, 0.25) is 0 Å². The lowest BCUT2D eigenvalue weighted by atomic mass is 10.3. The fraction of sp³-hybridized carbons (Fsp3) is 0.300. The maximum Gasteiger partial charge on any atom is 0.358 e. The van der Waals surface area contributed by atoms with E-state index >= 15 is 0 Å². The van der Waals surface area contributed by atoms with Gasteiger partial charge in [-0.05, 0) is 11.4 Å². The second-order valence-electron chi connectivity index (χ2n) is 3.48. The summed E-state index contributed by atoms with van der Waals surface area (Å²) in [6, 6.07) is 3.74. The number of thiophene rings is 1. The van der Waals surface area contributed by atoms with Crippen molar-refractivity contribution in [1.82, 2.24) is 15.0 Å². The van der Waals surface area contributed by atoms with Crippen LogP contribution in [-0.2, 0) is 13.0 Å². The van der Waals surface area contributed by atoms with Crippen molar-refractivity contribution >= 4 is 17.3 Å². The highest BCUT2D eigenvalue weighted by atomic mass is 32.1. The van der Waals surface area contributed by atoms with E-state index in [9.17, 15) is 13.6 Å². The zero-order valence-electron chi connectivity index (χ0n) is 9.08. The summed E-state index contributed by atoms with van der Waals surface area (Å²) in [6.07, 6.45) is -2.39. The maximum atomic E-state index is 12.8. The maximum absolute atomic E-state index is 12.8. The lowest BCUT2D eigenvalue weighted by Crippen LogP contribution is -2.10. The van der Waals surface area contributed by atoms with Gasteiger partial charge in [-0.25, -0.2) is 18.3 Å². The highest BCUT2D eigenvalue weighted by Crippen LogP contribution is 2.22. The molecule has 0 atom stereocenters. The van der Waals surface area contributed by atoms with Crippen LogP contribution in [0.15, 0.2) is 17.5 Å². The van der Waals surface area contributed by atoms with Gasteiger partial charge >= 0.3 is 5.97 Å². The molecule has 2 heterocycles. The van der Waals surface area contributed by atoms with Crippen LogP contribution in [0.2, 0.25) is 0 Å². The first-order valence-corrected chi connectivity index (χ1v) is 5.94. The number of carboxylic acid groups (broad SMARTS) is 1. The molecule has 0 bridgehead atoms. The molecular formula is C10H9F2N3O2S. The molecule has 5 nitrogen and oxygen atoms in total. The zero-order valence-corrected chi connectivity index (χ0v) is 9.90. The number of hydrogen-bond acceptors (Lipinski definition) is 4. The molecule has 0 aliphatic rings. The summed E-state index contributed by atoms with van der Waals surface area (Å²) >= 11 is 1.50. The molecule has 0 unspecified atom stereocenters. The molecule has 8 heteroatoms. The number of carbonyl (C=O) groups is 1. The quantitative estimate of drug-likeness (QED) is 0.907. The molecule has 2 rings (SSSR count). The molecule has 2 aromatic rings. The van der Waals surface area contributed by atoms with Crippen molar-refractivity contribution in [3.8, 4) is 0 Å². The molecular weight excluding hydrogens is 264 g/mol.